The van der Waals surface area contributed by atoms with E-state index in [-0.39, 0.29) is 17.8 Å². The Bertz CT molecular complexity index is 627. The average Bonchev–Trinajstić information content (AvgIpc) is 2.82. The van der Waals surface area contributed by atoms with Crippen LogP contribution in [0.5, 0.6) is 0 Å². The van der Waals surface area contributed by atoms with E-state index in [4.69, 9.17) is 0 Å². The summed E-state index contributed by atoms with van der Waals surface area (Å²) < 4.78 is 13.0. The molecule has 0 radical (unpaired) electrons. The Morgan fingerprint density at radius 3 is 2.55 bits per heavy atom. The first-order chi connectivity index (χ1) is 10.7. The minimum atomic E-state index is -0.323. The fourth-order valence-electron chi connectivity index (χ4n) is 2.79. The summed E-state index contributed by atoms with van der Waals surface area (Å²) in [6.45, 7) is 2.22. The summed E-state index contributed by atoms with van der Waals surface area (Å²) in [6, 6.07) is 16.0. The molecule has 1 unspecified atom stereocenters. The highest BCUT2D eigenvalue weighted by Crippen LogP contribution is 2.18. The maximum atomic E-state index is 13.0. The van der Waals surface area contributed by atoms with E-state index in [1.54, 1.807) is 12.1 Å². The van der Waals surface area contributed by atoms with Crippen molar-refractivity contribution in [3.63, 3.8) is 0 Å². The van der Waals surface area contributed by atoms with Crippen molar-refractivity contribution in [1.29, 1.82) is 0 Å². The van der Waals surface area contributed by atoms with Gasteiger partial charge in [0, 0.05) is 24.7 Å². The molecular weight excluding hydrogens is 279 g/mol. The van der Waals surface area contributed by atoms with E-state index in [0.717, 1.165) is 13.0 Å². The van der Waals surface area contributed by atoms with Crippen LogP contribution in [0.3, 0.4) is 0 Å². The zero-order valence-corrected chi connectivity index (χ0v) is 12.3. The van der Waals surface area contributed by atoms with Crippen molar-refractivity contribution in [1.82, 2.24) is 10.2 Å². The van der Waals surface area contributed by atoms with Crippen LogP contribution in [0.2, 0.25) is 0 Å². The number of halogens is 1. The number of nitrogens with one attached hydrogen (secondary N) is 1. The molecule has 0 bridgehead atoms. The van der Waals surface area contributed by atoms with Crippen molar-refractivity contribution in [2.75, 3.05) is 19.6 Å². The van der Waals surface area contributed by atoms with Gasteiger partial charge in [-0.2, -0.15) is 0 Å². The van der Waals surface area contributed by atoms with E-state index >= 15 is 0 Å². The van der Waals surface area contributed by atoms with Crippen LogP contribution in [0.1, 0.15) is 28.4 Å². The largest absolute Gasteiger partial charge is 0.337 e. The molecule has 1 atom stereocenters. The van der Waals surface area contributed by atoms with Crippen molar-refractivity contribution in [2.24, 2.45) is 0 Å². The Morgan fingerprint density at radius 1 is 1.09 bits per heavy atom. The molecular formula is C18H19FN2O. The number of hydrogen-bond acceptors (Lipinski definition) is 2. The molecule has 0 spiro atoms. The third-order valence-electron chi connectivity index (χ3n) is 3.98. The average molecular weight is 298 g/mol. The highest BCUT2D eigenvalue weighted by atomic mass is 19.1. The van der Waals surface area contributed by atoms with Gasteiger partial charge in [0.05, 0.1) is 0 Å². The highest BCUT2D eigenvalue weighted by Gasteiger charge is 2.23. The number of rotatable bonds is 2. The van der Waals surface area contributed by atoms with Crippen molar-refractivity contribution < 1.29 is 9.18 Å². The summed E-state index contributed by atoms with van der Waals surface area (Å²) >= 11 is 0. The Hall–Kier alpha value is -2.20. The maximum Gasteiger partial charge on any atom is 0.253 e. The van der Waals surface area contributed by atoms with Crippen LogP contribution < -0.4 is 5.32 Å². The van der Waals surface area contributed by atoms with Gasteiger partial charge >= 0.3 is 0 Å². The molecule has 1 N–H and O–H groups in total. The van der Waals surface area contributed by atoms with E-state index in [0.29, 0.717) is 18.7 Å². The van der Waals surface area contributed by atoms with Crippen LogP contribution in [0, 0.1) is 5.82 Å². The monoisotopic (exact) mass is 298 g/mol. The molecule has 22 heavy (non-hydrogen) atoms. The Balaban J connectivity index is 1.78. The third-order valence-corrected chi connectivity index (χ3v) is 3.98. The Labute approximate surface area is 129 Å². The van der Waals surface area contributed by atoms with Gasteiger partial charge in [0.25, 0.3) is 5.91 Å². The molecule has 0 aromatic heterocycles. The topological polar surface area (TPSA) is 32.3 Å². The molecule has 2 aromatic carbocycles. The zero-order valence-electron chi connectivity index (χ0n) is 12.3. The molecule has 4 heteroatoms. The molecule has 1 saturated heterocycles. The second-order valence-electron chi connectivity index (χ2n) is 5.53. The fourth-order valence-corrected chi connectivity index (χ4v) is 2.79. The van der Waals surface area contributed by atoms with Crippen molar-refractivity contribution in [2.45, 2.75) is 12.5 Å². The molecule has 1 aliphatic rings. The van der Waals surface area contributed by atoms with Crippen molar-refractivity contribution in [3.8, 4) is 0 Å². The minimum absolute atomic E-state index is 0.0374. The lowest BCUT2D eigenvalue weighted by Gasteiger charge is -2.25. The Morgan fingerprint density at radius 2 is 1.82 bits per heavy atom. The molecule has 0 saturated carbocycles. The lowest BCUT2D eigenvalue weighted by Crippen LogP contribution is -2.36. The molecule has 0 aliphatic carbocycles. The van der Waals surface area contributed by atoms with Crippen LogP contribution in [0.15, 0.2) is 54.6 Å². The molecule has 1 heterocycles. The normalized spacial score (nSPS) is 18.8. The smallest absolute Gasteiger partial charge is 0.253 e. The first kappa shape index (κ1) is 14.7. The van der Waals surface area contributed by atoms with Gasteiger partial charge < -0.3 is 10.2 Å². The van der Waals surface area contributed by atoms with Crippen LogP contribution in [0.25, 0.3) is 0 Å². The maximum absolute atomic E-state index is 13.0. The lowest BCUT2D eigenvalue weighted by molar-refractivity contribution is 0.0753. The predicted molar refractivity (Wildman–Crippen MR) is 84.1 cm³/mol. The van der Waals surface area contributed by atoms with Crippen LogP contribution in [-0.2, 0) is 0 Å². The number of hydrogen-bond donors (Lipinski definition) is 1. The summed E-state index contributed by atoms with van der Waals surface area (Å²) in [5, 5.41) is 3.49. The van der Waals surface area contributed by atoms with E-state index in [9.17, 15) is 9.18 Å². The minimum Gasteiger partial charge on any atom is -0.337 e. The number of amides is 1. The molecule has 3 nitrogen and oxygen atoms in total. The SMILES string of the molecule is O=C(c1ccc(F)cc1)N1CCCNC(c2ccccc2)C1. The summed E-state index contributed by atoms with van der Waals surface area (Å²) in [6.07, 6.45) is 0.913. The molecule has 3 rings (SSSR count). The van der Waals surface area contributed by atoms with Crippen LogP contribution >= 0.6 is 0 Å². The van der Waals surface area contributed by atoms with Gasteiger partial charge in [-0.25, -0.2) is 4.39 Å². The standard InChI is InChI=1S/C18H19FN2O/c19-16-9-7-15(8-10-16)18(22)21-12-4-11-20-17(13-21)14-5-2-1-3-6-14/h1-3,5-10,17,20H,4,11-13H2. The molecule has 1 fully saturated rings. The van der Waals surface area contributed by atoms with E-state index < -0.39 is 0 Å². The molecule has 1 amide bonds. The molecule has 114 valence electrons. The van der Waals surface area contributed by atoms with Gasteiger partial charge in [-0.05, 0) is 42.8 Å². The molecule has 2 aromatic rings. The van der Waals surface area contributed by atoms with E-state index in [2.05, 4.69) is 17.4 Å². The number of nitrogens with zero attached hydrogens (tertiary/aromatic N) is 1. The van der Waals surface area contributed by atoms with E-state index in [1.807, 2.05) is 23.1 Å². The summed E-state index contributed by atoms with van der Waals surface area (Å²) in [7, 11) is 0. The second kappa shape index (κ2) is 6.71. The first-order valence-electron chi connectivity index (χ1n) is 7.57. The van der Waals surface area contributed by atoms with Crippen molar-refractivity contribution in [3.05, 3.63) is 71.5 Å². The molecule has 1 aliphatic heterocycles. The van der Waals surface area contributed by atoms with E-state index in [1.165, 1.54) is 17.7 Å². The van der Waals surface area contributed by atoms with Crippen molar-refractivity contribution >= 4 is 5.91 Å². The summed E-state index contributed by atoms with van der Waals surface area (Å²) in [4.78, 5) is 14.5. The van der Waals surface area contributed by atoms with Gasteiger partial charge in [0.2, 0.25) is 0 Å². The zero-order chi connectivity index (χ0) is 15.4. The van der Waals surface area contributed by atoms with Gasteiger partial charge in [0.15, 0.2) is 0 Å². The van der Waals surface area contributed by atoms with Gasteiger partial charge in [-0.1, -0.05) is 30.3 Å². The number of benzene rings is 2. The first-order valence-corrected chi connectivity index (χ1v) is 7.57. The van der Waals surface area contributed by atoms with Gasteiger partial charge in [0.1, 0.15) is 5.82 Å². The summed E-state index contributed by atoms with van der Waals surface area (Å²) in [5.41, 5.74) is 1.72. The highest BCUT2D eigenvalue weighted by molar-refractivity contribution is 5.94. The van der Waals surface area contributed by atoms with Gasteiger partial charge in [-0.3, -0.25) is 4.79 Å². The second-order valence-corrected chi connectivity index (χ2v) is 5.53. The Kier molecular flexibility index (Phi) is 4.49. The number of carbonyl (C=O) groups excluding carboxylic acids is 1. The van der Waals surface area contributed by atoms with Crippen LogP contribution in [-0.4, -0.2) is 30.4 Å². The quantitative estimate of drug-likeness (QED) is 0.924. The third kappa shape index (κ3) is 3.34. The lowest BCUT2D eigenvalue weighted by atomic mass is 10.1. The van der Waals surface area contributed by atoms with Crippen LogP contribution in [0.4, 0.5) is 4.39 Å². The number of carbonyl (C=O) groups is 1. The van der Waals surface area contributed by atoms with Gasteiger partial charge in [-0.15, -0.1) is 0 Å². The predicted octanol–water partition coefficient (Wildman–Crippen LogP) is 3.00. The fraction of sp³-hybridized carbons (Fsp3) is 0.278. The summed E-state index contributed by atoms with van der Waals surface area (Å²) in [5.74, 6) is -0.360.